The molecule has 1 unspecified atom stereocenters. The summed E-state index contributed by atoms with van der Waals surface area (Å²) in [6.45, 7) is 10.1. The van der Waals surface area contributed by atoms with Gasteiger partial charge >= 0.3 is 0 Å². The molecule has 14 heavy (non-hydrogen) atoms. The molecule has 1 rings (SSSR count). The normalized spacial score (nSPS) is 14.1. The minimum Gasteiger partial charge on any atom is -0.243 e. The van der Waals surface area contributed by atoms with Crippen LogP contribution in [0.1, 0.15) is 50.6 Å². The van der Waals surface area contributed by atoms with Crippen LogP contribution in [0.3, 0.4) is 0 Å². The minimum atomic E-state index is -0.872. The van der Waals surface area contributed by atoms with Crippen molar-refractivity contribution >= 4 is 0 Å². The average Bonchev–Trinajstić information content (AvgIpc) is 2.01. The van der Waals surface area contributed by atoms with E-state index in [4.69, 9.17) is 0 Å². The molecule has 0 nitrogen and oxygen atoms in total. The van der Waals surface area contributed by atoms with Crippen LogP contribution in [-0.4, -0.2) is 0 Å². The second kappa shape index (κ2) is 3.72. The van der Waals surface area contributed by atoms with Gasteiger partial charge in [-0.25, -0.2) is 4.39 Å². The maximum absolute atomic E-state index is 13.0. The summed E-state index contributed by atoms with van der Waals surface area (Å²) in [5.74, 6) is 0. The Kier molecular flexibility index (Phi) is 2.98. The molecule has 0 aromatic heterocycles. The van der Waals surface area contributed by atoms with Crippen molar-refractivity contribution in [3.63, 3.8) is 0 Å². The summed E-state index contributed by atoms with van der Waals surface area (Å²) < 4.78 is 13.0. The first kappa shape index (κ1) is 11.2. The second-order valence-electron chi connectivity index (χ2n) is 4.94. The van der Waals surface area contributed by atoms with E-state index < -0.39 is 6.17 Å². The van der Waals surface area contributed by atoms with Crippen LogP contribution in [0.15, 0.2) is 18.2 Å². The number of hydrogen-bond donors (Lipinski definition) is 0. The molecular formula is C13H19F. The summed E-state index contributed by atoms with van der Waals surface area (Å²) in [4.78, 5) is 0. The molecule has 1 heteroatoms. The van der Waals surface area contributed by atoms with Crippen molar-refractivity contribution in [2.24, 2.45) is 0 Å². The number of halogens is 1. The van der Waals surface area contributed by atoms with E-state index in [-0.39, 0.29) is 5.41 Å². The molecule has 0 radical (unpaired) electrons. The fourth-order valence-electron chi connectivity index (χ4n) is 1.78. The molecule has 1 atom stereocenters. The Morgan fingerprint density at radius 1 is 1.21 bits per heavy atom. The molecule has 1 aromatic rings. The highest BCUT2D eigenvalue weighted by Gasteiger charge is 2.16. The Labute approximate surface area is 86.2 Å². The topological polar surface area (TPSA) is 0 Å². The van der Waals surface area contributed by atoms with Crippen molar-refractivity contribution in [2.45, 2.75) is 46.2 Å². The van der Waals surface area contributed by atoms with Crippen molar-refractivity contribution < 1.29 is 4.39 Å². The van der Waals surface area contributed by atoms with E-state index in [0.717, 1.165) is 5.56 Å². The fraction of sp³-hybridized carbons (Fsp3) is 0.538. The third-order valence-corrected chi connectivity index (χ3v) is 2.52. The summed E-state index contributed by atoms with van der Waals surface area (Å²) in [6, 6.07) is 5.88. The van der Waals surface area contributed by atoms with Gasteiger partial charge in [0.15, 0.2) is 0 Å². The monoisotopic (exact) mass is 194 g/mol. The van der Waals surface area contributed by atoms with Gasteiger partial charge in [-0.2, -0.15) is 0 Å². The number of rotatable bonds is 1. The van der Waals surface area contributed by atoms with Crippen LogP contribution in [0.5, 0.6) is 0 Å². The lowest BCUT2D eigenvalue weighted by Crippen LogP contribution is -2.13. The summed E-state index contributed by atoms with van der Waals surface area (Å²) in [7, 11) is 0. The molecule has 0 N–H and O–H groups in total. The number of alkyl halides is 1. The van der Waals surface area contributed by atoms with Gasteiger partial charge in [-0.1, -0.05) is 39.0 Å². The molecular weight excluding hydrogens is 175 g/mol. The van der Waals surface area contributed by atoms with Gasteiger partial charge in [-0.05, 0) is 36.0 Å². The maximum atomic E-state index is 13.0. The van der Waals surface area contributed by atoms with Gasteiger partial charge in [-0.15, -0.1) is 0 Å². The van der Waals surface area contributed by atoms with Crippen LogP contribution < -0.4 is 0 Å². The average molecular weight is 194 g/mol. The molecule has 0 bridgehead atoms. The minimum absolute atomic E-state index is 0.141. The number of hydrogen-bond acceptors (Lipinski definition) is 0. The van der Waals surface area contributed by atoms with Crippen LogP contribution in [0, 0.1) is 6.92 Å². The molecule has 1 aromatic carbocycles. The molecule has 0 heterocycles. The van der Waals surface area contributed by atoms with Crippen molar-refractivity contribution in [3.05, 3.63) is 34.9 Å². The first-order valence-electron chi connectivity index (χ1n) is 5.07. The van der Waals surface area contributed by atoms with Gasteiger partial charge in [-0.3, -0.25) is 0 Å². The quantitative estimate of drug-likeness (QED) is 0.624. The highest BCUT2D eigenvalue weighted by molar-refractivity contribution is 5.36. The zero-order valence-electron chi connectivity index (χ0n) is 9.69. The number of aryl methyl sites for hydroxylation is 1. The lowest BCUT2D eigenvalue weighted by atomic mass is 9.83. The molecule has 78 valence electrons. The van der Waals surface area contributed by atoms with Gasteiger partial charge in [0, 0.05) is 0 Å². The largest absolute Gasteiger partial charge is 0.243 e. The lowest BCUT2D eigenvalue weighted by Gasteiger charge is -2.22. The Hall–Kier alpha value is -0.850. The Morgan fingerprint density at radius 3 is 2.14 bits per heavy atom. The predicted octanol–water partition coefficient (Wildman–Crippen LogP) is 4.32. The molecule has 0 aliphatic heterocycles. The standard InChI is InChI=1S/C13H19F/c1-9-8-11(10(2)14)6-7-12(9)13(3,4)5/h6-8,10H,1-5H3. The third-order valence-electron chi connectivity index (χ3n) is 2.52. The van der Waals surface area contributed by atoms with E-state index in [9.17, 15) is 4.39 Å². The zero-order valence-corrected chi connectivity index (χ0v) is 9.69. The SMILES string of the molecule is Cc1cc(C(C)F)ccc1C(C)(C)C. The van der Waals surface area contributed by atoms with Gasteiger partial charge in [0.1, 0.15) is 6.17 Å². The van der Waals surface area contributed by atoms with Crippen LogP contribution >= 0.6 is 0 Å². The van der Waals surface area contributed by atoms with Crippen LogP contribution in [0.25, 0.3) is 0 Å². The van der Waals surface area contributed by atoms with Crippen molar-refractivity contribution in [2.75, 3.05) is 0 Å². The highest BCUT2D eigenvalue weighted by atomic mass is 19.1. The molecule has 0 amide bonds. The Morgan fingerprint density at radius 2 is 1.79 bits per heavy atom. The van der Waals surface area contributed by atoms with Crippen LogP contribution in [0.4, 0.5) is 4.39 Å². The van der Waals surface area contributed by atoms with E-state index in [1.807, 2.05) is 25.1 Å². The Balaban J connectivity index is 3.15. The van der Waals surface area contributed by atoms with Crippen LogP contribution in [0.2, 0.25) is 0 Å². The summed E-state index contributed by atoms with van der Waals surface area (Å²) in [5, 5.41) is 0. The van der Waals surface area contributed by atoms with Crippen molar-refractivity contribution in [1.29, 1.82) is 0 Å². The van der Waals surface area contributed by atoms with E-state index in [2.05, 4.69) is 20.8 Å². The first-order valence-corrected chi connectivity index (χ1v) is 5.07. The molecule has 0 spiro atoms. The van der Waals surface area contributed by atoms with E-state index in [1.54, 1.807) is 6.92 Å². The summed E-state index contributed by atoms with van der Waals surface area (Å²) in [5.41, 5.74) is 3.39. The third kappa shape index (κ3) is 2.34. The van der Waals surface area contributed by atoms with Crippen LogP contribution in [-0.2, 0) is 5.41 Å². The molecule has 0 saturated carbocycles. The highest BCUT2D eigenvalue weighted by Crippen LogP contribution is 2.28. The number of benzene rings is 1. The Bertz CT molecular complexity index is 318. The summed E-state index contributed by atoms with van der Waals surface area (Å²) in [6.07, 6.45) is -0.872. The van der Waals surface area contributed by atoms with Gasteiger partial charge < -0.3 is 0 Å². The fourth-order valence-corrected chi connectivity index (χ4v) is 1.78. The molecule has 0 aliphatic carbocycles. The van der Waals surface area contributed by atoms with Crippen molar-refractivity contribution in [1.82, 2.24) is 0 Å². The maximum Gasteiger partial charge on any atom is 0.122 e. The zero-order chi connectivity index (χ0) is 10.9. The van der Waals surface area contributed by atoms with Gasteiger partial charge in [0.2, 0.25) is 0 Å². The molecule has 0 saturated heterocycles. The molecule has 0 fully saturated rings. The van der Waals surface area contributed by atoms with E-state index in [1.165, 1.54) is 11.1 Å². The predicted molar refractivity (Wildman–Crippen MR) is 59.4 cm³/mol. The second-order valence-corrected chi connectivity index (χ2v) is 4.94. The van der Waals surface area contributed by atoms with Crippen molar-refractivity contribution in [3.8, 4) is 0 Å². The van der Waals surface area contributed by atoms with E-state index in [0.29, 0.717) is 0 Å². The first-order chi connectivity index (χ1) is 6.32. The molecule has 0 aliphatic rings. The van der Waals surface area contributed by atoms with Gasteiger partial charge in [0.25, 0.3) is 0 Å². The lowest BCUT2D eigenvalue weighted by molar-refractivity contribution is 0.374. The van der Waals surface area contributed by atoms with E-state index >= 15 is 0 Å². The smallest absolute Gasteiger partial charge is 0.122 e. The summed E-state index contributed by atoms with van der Waals surface area (Å²) >= 11 is 0. The van der Waals surface area contributed by atoms with Gasteiger partial charge in [0.05, 0.1) is 0 Å².